The third kappa shape index (κ3) is 5.77. The molecule has 0 aliphatic rings. The van der Waals surface area contributed by atoms with Crippen molar-refractivity contribution in [2.24, 2.45) is 0 Å². The number of aromatic nitrogens is 1. The topological polar surface area (TPSA) is 51.2 Å². The molecule has 128 valence electrons. The number of ether oxygens (including phenoxy) is 1. The molecule has 8 heteroatoms. The van der Waals surface area contributed by atoms with Crippen LogP contribution in [0.15, 0.2) is 47.5 Å². The first-order valence-electron chi connectivity index (χ1n) is 6.94. The van der Waals surface area contributed by atoms with Crippen molar-refractivity contribution in [2.75, 3.05) is 12.9 Å². The van der Waals surface area contributed by atoms with E-state index in [9.17, 15) is 18.0 Å². The summed E-state index contributed by atoms with van der Waals surface area (Å²) in [4.78, 5) is 16.8. The maximum Gasteiger partial charge on any atom is 0.422 e. The second-order valence-corrected chi connectivity index (χ2v) is 5.70. The van der Waals surface area contributed by atoms with E-state index in [0.717, 1.165) is 4.90 Å². The Morgan fingerprint density at radius 2 is 1.92 bits per heavy atom. The van der Waals surface area contributed by atoms with E-state index in [0.29, 0.717) is 11.1 Å². The van der Waals surface area contributed by atoms with Gasteiger partial charge in [-0.2, -0.15) is 13.2 Å². The largest absolute Gasteiger partial charge is 0.468 e. The number of alkyl halides is 3. The van der Waals surface area contributed by atoms with Gasteiger partial charge in [-0.25, -0.2) is 4.98 Å². The first kappa shape index (κ1) is 18.1. The van der Waals surface area contributed by atoms with Gasteiger partial charge in [0, 0.05) is 29.3 Å². The smallest absolute Gasteiger partial charge is 0.422 e. The molecule has 0 unspecified atom stereocenters. The molecule has 2 rings (SSSR count). The van der Waals surface area contributed by atoms with Crippen LogP contribution in [0.25, 0.3) is 0 Å². The zero-order chi connectivity index (χ0) is 17.6. The first-order chi connectivity index (χ1) is 11.4. The third-order valence-corrected chi connectivity index (χ3v) is 3.73. The summed E-state index contributed by atoms with van der Waals surface area (Å²) in [5, 5.41) is 2.72. The van der Waals surface area contributed by atoms with Crippen LogP contribution >= 0.6 is 11.8 Å². The molecule has 0 atom stereocenters. The number of hydrogen-bond acceptors (Lipinski definition) is 4. The number of rotatable bonds is 6. The molecule has 1 amide bonds. The molecule has 2 aromatic rings. The van der Waals surface area contributed by atoms with Crippen LogP contribution in [0.5, 0.6) is 5.88 Å². The lowest BCUT2D eigenvalue weighted by Gasteiger charge is -2.09. The van der Waals surface area contributed by atoms with Crippen molar-refractivity contribution in [3.05, 3.63) is 53.7 Å². The number of halogens is 3. The third-order valence-electron chi connectivity index (χ3n) is 2.99. The lowest BCUT2D eigenvalue weighted by atomic mass is 10.2. The van der Waals surface area contributed by atoms with Crippen molar-refractivity contribution < 1.29 is 22.7 Å². The lowest BCUT2D eigenvalue weighted by Crippen LogP contribution is -2.23. The summed E-state index contributed by atoms with van der Waals surface area (Å²) in [5.74, 6) is -0.352. The highest BCUT2D eigenvalue weighted by Crippen LogP contribution is 2.17. The van der Waals surface area contributed by atoms with Crippen LogP contribution in [0, 0.1) is 0 Å². The van der Waals surface area contributed by atoms with Crippen molar-refractivity contribution >= 4 is 17.7 Å². The summed E-state index contributed by atoms with van der Waals surface area (Å²) in [6.45, 7) is -1.17. The Labute approximate surface area is 141 Å². The highest BCUT2D eigenvalue weighted by Gasteiger charge is 2.28. The molecule has 0 spiro atoms. The van der Waals surface area contributed by atoms with Crippen molar-refractivity contribution in [1.82, 2.24) is 10.3 Å². The van der Waals surface area contributed by atoms with Gasteiger partial charge in [-0.15, -0.1) is 11.8 Å². The molecule has 0 radical (unpaired) electrons. The number of amides is 1. The number of carbonyl (C=O) groups excluding carboxylic acids is 1. The quantitative estimate of drug-likeness (QED) is 0.803. The maximum absolute atomic E-state index is 12.0. The summed E-state index contributed by atoms with van der Waals surface area (Å²) in [5.41, 5.74) is 1.19. The van der Waals surface area contributed by atoms with Crippen molar-refractivity contribution in [3.63, 3.8) is 0 Å². The maximum atomic E-state index is 12.0. The van der Waals surface area contributed by atoms with Gasteiger partial charge in [-0.3, -0.25) is 4.79 Å². The normalized spacial score (nSPS) is 11.2. The molecular formula is C16H15F3N2O2S. The highest BCUT2D eigenvalue weighted by atomic mass is 32.2. The molecule has 0 aliphatic carbocycles. The molecule has 1 aromatic carbocycles. The van der Waals surface area contributed by atoms with Gasteiger partial charge in [0.1, 0.15) is 0 Å². The Balaban J connectivity index is 1.86. The van der Waals surface area contributed by atoms with Gasteiger partial charge < -0.3 is 10.1 Å². The van der Waals surface area contributed by atoms with Crippen molar-refractivity contribution in [3.8, 4) is 5.88 Å². The molecule has 1 heterocycles. The fraction of sp³-hybridized carbons (Fsp3) is 0.250. The second kappa shape index (κ2) is 8.05. The Morgan fingerprint density at radius 3 is 2.46 bits per heavy atom. The fourth-order valence-electron chi connectivity index (χ4n) is 1.78. The molecule has 0 aliphatic heterocycles. The van der Waals surface area contributed by atoms with E-state index >= 15 is 0 Å². The molecule has 0 fully saturated rings. The van der Waals surface area contributed by atoms with Crippen LogP contribution in [0.4, 0.5) is 13.2 Å². The van der Waals surface area contributed by atoms with Gasteiger partial charge in [-0.05, 0) is 36.1 Å². The minimum absolute atomic E-state index is 0.116. The molecular weight excluding hydrogens is 341 g/mol. The second-order valence-electron chi connectivity index (χ2n) is 4.82. The average molecular weight is 356 g/mol. The Morgan fingerprint density at radius 1 is 1.21 bits per heavy atom. The van der Waals surface area contributed by atoms with E-state index in [1.165, 1.54) is 12.3 Å². The fourth-order valence-corrected chi connectivity index (χ4v) is 2.19. The number of thioether (sulfide) groups is 1. The van der Waals surface area contributed by atoms with Gasteiger partial charge >= 0.3 is 6.18 Å². The number of carbonyl (C=O) groups is 1. The number of hydrogen-bond donors (Lipinski definition) is 1. The van der Waals surface area contributed by atoms with Crippen LogP contribution in [0.3, 0.4) is 0 Å². The summed E-state index contributed by atoms with van der Waals surface area (Å²) in [6.07, 6.45) is -1.09. The Hall–Kier alpha value is -2.22. The number of nitrogens with zero attached hydrogens (tertiary/aromatic N) is 1. The van der Waals surface area contributed by atoms with Crippen LogP contribution in [0.2, 0.25) is 0 Å². The number of nitrogens with one attached hydrogen (secondary N) is 1. The van der Waals surface area contributed by atoms with E-state index in [-0.39, 0.29) is 18.3 Å². The Bertz CT molecular complexity index is 673. The zero-order valence-electron chi connectivity index (χ0n) is 12.8. The molecule has 1 N–H and O–H groups in total. The zero-order valence-corrected chi connectivity index (χ0v) is 13.6. The van der Waals surface area contributed by atoms with Crippen molar-refractivity contribution in [1.29, 1.82) is 0 Å². The molecule has 0 bridgehead atoms. The van der Waals surface area contributed by atoms with Crippen LogP contribution in [-0.4, -0.2) is 29.9 Å². The summed E-state index contributed by atoms with van der Waals surface area (Å²) >= 11 is 1.58. The van der Waals surface area contributed by atoms with E-state index in [4.69, 9.17) is 0 Å². The molecule has 4 nitrogen and oxygen atoms in total. The minimum atomic E-state index is -4.40. The summed E-state index contributed by atoms with van der Waals surface area (Å²) < 4.78 is 40.6. The van der Waals surface area contributed by atoms with E-state index in [1.807, 2.05) is 18.4 Å². The van der Waals surface area contributed by atoms with Crippen molar-refractivity contribution in [2.45, 2.75) is 17.6 Å². The lowest BCUT2D eigenvalue weighted by molar-refractivity contribution is -0.154. The SMILES string of the molecule is CSc1ccc(C(=O)NCc2ccc(OCC(F)(F)F)nc2)cc1. The minimum Gasteiger partial charge on any atom is -0.468 e. The predicted molar refractivity (Wildman–Crippen MR) is 85.2 cm³/mol. The number of benzene rings is 1. The molecule has 0 saturated carbocycles. The van der Waals surface area contributed by atoms with E-state index in [1.54, 1.807) is 30.0 Å². The van der Waals surface area contributed by atoms with Crippen LogP contribution in [-0.2, 0) is 6.54 Å². The standard InChI is InChI=1S/C16H15F3N2O2S/c1-24-13-5-3-12(4-6-13)15(22)21-9-11-2-7-14(20-8-11)23-10-16(17,18)19/h2-8H,9-10H2,1H3,(H,21,22). The monoisotopic (exact) mass is 356 g/mol. The van der Waals surface area contributed by atoms with E-state index in [2.05, 4.69) is 15.0 Å². The van der Waals surface area contributed by atoms with Gasteiger partial charge in [0.15, 0.2) is 6.61 Å². The molecule has 1 aromatic heterocycles. The van der Waals surface area contributed by atoms with Gasteiger partial charge in [0.25, 0.3) is 5.91 Å². The van der Waals surface area contributed by atoms with Gasteiger partial charge in [0.2, 0.25) is 5.88 Å². The highest BCUT2D eigenvalue weighted by molar-refractivity contribution is 7.98. The average Bonchev–Trinajstić information content (AvgIpc) is 2.58. The predicted octanol–water partition coefficient (Wildman–Crippen LogP) is 3.67. The molecule has 24 heavy (non-hydrogen) atoms. The summed E-state index contributed by atoms with van der Waals surface area (Å²) in [7, 11) is 0. The number of pyridine rings is 1. The van der Waals surface area contributed by atoms with Gasteiger partial charge in [0.05, 0.1) is 0 Å². The van der Waals surface area contributed by atoms with Gasteiger partial charge in [-0.1, -0.05) is 6.07 Å². The first-order valence-corrected chi connectivity index (χ1v) is 8.16. The summed E-state index contributed by atoms with van der Waals surface area (Å²) in [6, 6.07) is 10.1. The van der Waals surface area contributed by atoms with Crippen LogP contribution < -0.4 is 10.1 Å². The molecule has 0 saturated heterocycles. The Kier molecular flexibility index (Phi) is 6.08. The van der Waals surface area contributed by atoms with E-state index < -0.39 is 12.8 Å². The van der Waals surface area contributed by atoms with Crippen LogP contribution in [0.1, 0.15) is 15.9 Å².